The van der Waals surface area contributed by atoms with Gasteiger partial charge in [-0.15, -0.1) is 0 Å². The predicted octanol–water partition coefficient (Wildman–Crippen LogP) is 3.69. The van der Waals surface area contributed by atoms with Crippen molar-refractivity contribution in [1.29, 1.82) is 0 Å². The molecule has 0 spiro atoms. The third-order valence-electron chi connectivity index (χ3n) is 3.80. The Kier molecular flexibility index (Phi) is 4.51. The Morgan fingerprint density at radius 3 is 2.52 bits per heavy atom. The second-order valence-corrected chi connectivity index (χ2v) is 5.87. The zero-order valence-corrected chi connectivity index (χ0v) is 13.3. The summed E-state index contributed by atoms with van der Waals surface area (Å²) in [5.41, 5.74) is 2.22. The van der Waals surface area contributed by atoms with E-state index in [9.17, 15) is 4.79 Å². The predicted molar refractivity (Wildman–Crippen MR) is 86.7 cm³/mol. The summed E-state index contributed by atoms with van der Waals surface area (Å²) in [5.74, 6) is 1.30. The number of fused-ring (bicyclic) bond motifs is 1. The first-order chi connectivity index (χ1) is 11.1. The number of esters is 1. The number of benzene rings is 2. The van der Waals surface area contributed by atoms with E-state index in [-0.39, 0.29) is 13.2 Å². The molecule has 2 aromatic rings. The van der Waals surface area contributed by atoms with Crippen LogP contribution >= 0.6 is 0 Å². The highest BCUT2D eigenvalue weighted by atomic mass is 16.6. The lowest BCUT2D eigenvalue weighted by Crippen LogP contribution is -2.37. The molecule has 0 radical (unpaired) electrons. The average molecular weight is 312 g/mol. The Morgan fingerprint density at radius 1 is 1.13 bits per heavy atom. The third kappa shape index (κ3) is 3.65. The second-order valence-electron chi connectivity index (χ2n) is 5.87. The van der Waals surface area contributed by atoms with Crippen molar-refractivity contribution in [2.45, 2.75) is 32.5 Å². The number of carbonyl (C=O) groups excluding carboxylic acids is 1. The highest BCUT2D eigenvalue weighted by Gasteiger charge is 2.28. The zero-order chi connectivity index (χ0) is 16.2. The zero-order valence-electron chi connectivity index (χ0n) is 13.3. The summed E-state index contributed by atoms with van der Waals surface area (Å²) in [7, 11) is 0. The van der Waals surface area contributed by atoms with Crippen LogP contribution in [0.15, 0.2) is 48.5 Å². The van der Waals surface area contributed by atoms with E-state index in [1.54, 1.807) is 6.07 Å². The molecule has 120 valence electrons. The molecule has 23 heavy (non-hydrogen) atoms. The Hall–Kier alpha value is -2.49. The molecule has 3 rings (SSSR count). The van der Waals surface area contributed by atoms with E-state index in [1.807, 2.05) is 30.3 Å². The molecule has 2 aromatic carbocycles. The third-order valence-corrected chi connectivity index (χ3v) is 3.80. The van der Waals surface area contributed by atoms with Gasteiger partial charge >= 0.3 is 5.97 Å². The molecule has 0 saturated heterocycles. The Labute approximate surface area is 136 Å². The van der Waals surface area contributed by atoms with Crippen LogP contribution in [0, 0.1) is 0 Å². The summed E-state index contributed by atoms with van der Waals surface area (Å²) in [6.45, 7) is 4.70. The van der Waals surface area contributed by atoms with Crippen molar-refractivity contribution in [3.8, 4) is 11.5 Å². The van der Waals surface area contributed by atoms with Crippen molar-refractivity contribution in [1.82, 2.24) is 0 Å². The second kappa shape index (κ2) is 6.73. The van der Waals surface area contributed by atoms with Gasteiger partial charge in [0.05, 0.1) is 0 Å². The number of para-hydroxylation sites is 2. The molecule has 0 bridgehead atoms. The molecule has 4 heteroatoms. The van der Waals surface area contributed by atoms with Crippen molar-refractivity contribution in [2.75, 3.05) is 6.61 Å². The van der Waals surface area contributed by atoms with Crippen molar-refractivity contribution >= 4 is 5.97 Å². The van der Waals surface area contributed by atoms with E-state index in [1.165, 1.54) is 5.56 Å². The number of ether oxygens (including phenoxy) is 3. The van der Waals surface area contributed by atoms with Gasteiger partial charge in [0.2, 0.25) is 6.10 Å². The number of hydrogen-bond acceptors (Lipinski definition) is 4. The smallest absolute Gasteiger partial charge is 0.351 e. The van der Waals surface area contributed by atoms with Gasteiger partial charge in [-0.3, -0.25) is 0 Å². The standard InChI is InChI=1S/C19H20O4/c1-13(2)15-9-7-14(8-10-15)11-22-19(20)18-12-21-16-5-3-4-6-17(16)23-18/h3-10,13,18H,11-12H2,1-2H3/t18-/m1/s1. The van der Waals surface area contributed by atoms with E-state index in [2.05, 4.69) is 26.0 Å². The summed E-state index contributed by atoms with van der Waals surface area (Å²) in [6.07, 6.45) is -0.722. The highest BCUT2D eigenvalue weighted by molar-refractivity contribution is 5.76. The molecule has 1 atom stereocenters. The maximum Gasteiger partial charge on any atom is 0.351 e. The molecule has 0 fully saturated rings. The van der Waals surface area contributed by atoms with Crippen LogP contribution in [-0.2, 0) is 16.1 Å². The van der Waals surface area contributed by atoms with Crippen LogP contribution < -0.4 is 9.47 Å². The maximum absolute atomic E-state index is 12.1. The first kappa shape index (κ1) is 15.4. The molecule has 0 N–H and O–H groups in total. The Bertz CT molecular complexity index is 676. The number of rotatable bonds is 4. The van der Waals surface area contributed by atoms with Crippen LogP contribution in [0.4, 0.5) is 0 Å². The fourth-order valence-electron chi connectivity index (χ4n) is 2.38. The molecule has 0 amide bonds. The average Bonchev–Trinajstić information content (AvgIpc) is 2.59. The van der Waals surface area contributed by atoms with E-state index >= 15 is 0 Å². The van der Waals surface area contributed by atoms with Crippen molar-refractivity contribution < 1.29 is 19.0 Å². The van der Waals surface area contributed by atoms with Gasteiger partial charge in [-0.1, -0.05) is 50.2 Å². The normalized spacial score (nSPS) is 16.2. The van der Waals surface area contributed by atoms with Gasteiger partial charge in [0, 0.05) is 0 Å². The summed E-state index contributed by atoms with van der Waals surface area (Å²) in [4.78, 5) is 12.1. The Balaban J connectivity index is 1.56. The quantitative estimate of drug-likeness (QED) is 0.808. The molecule has 1 aliphatic rings. The first-order valence-electron chi connectivity index (χ1n) is 7.77. The van der Waals surface area contributed by atoms with E-state index in [0.29, 0.717) is 17.4 Å². The van der Waals surface area contributed by atoms with Crippen LogP contribution in [0.5, 0.6) is 11.5 Å². The van der Waals surface area contributed by atoms with Crippen molar-refractivity contribution in [3.05, 3.63) is 59.7 Å². The largest absolute Gasteiger partial charge is 0.485 e. The summed E-state index contributed by atoms with van der Waals surface area (Å²) >= 11 is 0. The monoisotopic (exact) mass is 312 g/mol. The molecule has 1 heterocycles. The highest BCUT2D eigenvalue weighted by Crippen LogP contribution is 2.31. The molecule has 0 unspecified atom stereocenters. The van der Waals surface area contributed by atoms with E-state index in [4.69, 9.17) is 14.2 Å². The SMILES string of the molecule is CC(C)c1ccc(COC(=O)[C@H]2COc3ccccc3O2)cc1. The number of hydrogen-bond donors (Lipinski definition) is 0. The molecular formula is C19H20O4. The van der Waals surface area contributed by atoms with Gasteiger partial charge in [0.1, 0.15) is 13.2 Å². The maximum atomic E-state index is 12.1. The van der Waals surface area contributed by atoms with Gasteiger partial charge in [-0.05, 0) is 29.2 Å². The van der Waals surface area contributed by atoms with Gasteiger partial charge < -0.3 is 14.2 Å². The van der Waals surface area contributed by atoms with Crippen LogP contribution in [0.3, 0.4) is 0 Å². The molecule has 4 nitrogen and oxygen atoms in total. The summed E-state index contributed by atoms with van der Waals surface area (Å²) in [5, 5.41) is 0. The molecule has 0 aliphatic carbocycles. The first-order valence-corrected chi connectivity index (χ1v) is 7.77. The lowest BCUT2D eigenvalue weighted by molar-refractivity contribution is -0.155. The fourth-order valence-corrected chi connectivity index (χ4v) is 2.38. The van der Waals surface area contributed by atoms with Crippen LogP contribution in [0.25, 0.3) is 0 Å². The molecular weight excluding hydrogens is 292 g/mol. The molecule has 0 saturated carbocycles. The molecule has 0 aromatic heterocycles. The van der Waals surface area contributed by atoms with Crippen molar-refractivity contribution in [3.63, 3.8) is 0 Å². The van der Waals surface area contributed by atoms with Gasteiger partial charge in [0.15, 0.2) is 11.5 Å². The Morgan fingerprint density at radius 2 is 1.83 bits per heavy atom. The van der Waals surface area contributed by atoms with Crippen LogP contribution in [0.1, 0.15) is 30.9 Å². The summed E-state index contributed by atoms with van der Waals surface area (Å²) < 4.78 is 16.5. The van der Waals surface area contributed by atoms with Crippen LogP contribution in [0.2, 0.25) is 0 Å². The van der Waals surface area contributed by atoms with E-state index in [0.717, 1.165) is 5.56 Å². The minimum absolute atomic E-state index is 0.169. The van der Waals surface area contributed by atoms with Gasteiger partial charge in [-0.25, -0.2) is 4.79 Å². The fraction of sp³-hybridized carbons (Fsp3) is 0.316. The summed E-state index contributed by atoms with van der Waals surface area (Å²) in [6, 6.07) is 15.4. The topological polar surface area (TPSA) is 44.8 Å². The van der Waals surface area contributed by atoms with Gasteiger partial charge in [-0.2, -0.15) is 0 Å². The number of carbonyl (C=O) groups is 1. The van der Waals surface area contributed by atoms with Crippen molar-refractivity contribution in [2.24, 2.45) is 0 Å². The lowest BCUT2D eigenvalue weighted by Gasteiger charge is -2.24. The lowest BCUT2D eigenvalue weighted by atomic mass is 10.0. The minimum atomic E-state index is -0.722. The van der Waals surface area contributed by atoms with Gasteiger partial charge in [0.25, 0.3) is 0 Å². The van der Waals surface area contributed by atoms with E-state index < -0.39 is 12.1 Å². The van der Waals surface area contributed by atoms with Crippen LogP contribution in [-0.4, -0.2) is 18.7 Å². The molecule has 1 aliphatic heterocycles. The minimum Gasteiger partial charge on any atom is -0.485 e.